The molecule has 0 unspecified atom stereocenters. The van der Waals surface area contributed by atoms with Crippen LogP contribution in [0.4, 0.5) is 5.82 Å². The Balaban J connectivity index is 1.85. The van der Waals surface area contributed by atoms with Crippen LogP contribution in [0, 0.1) is 6.92 Å². The van der Waals surface area contributed by atoms with Gasteiger partial charge in [-0.05, 0) is 55.3 Å². The van der Waals surface area contributed by atoms with Crippen LogP contribution in [-0.4, -0.2) is 53.1 Å². The van der Waals surface area contributed by atoms with Crippen molar-refractivity contribution >= 4 is 28.3 Å². The molecule has 1 aromatic carbocycles. The van der Waals surface area contributed by atoms with Crippen molar-refractivity contribution in [2.75, 3.05) is 31.8 Å². The summed E-state index contributed by atoms with van der Waals surface area (Å²) in [5.41, 5.74) is 5.42. The van der Waals surface area contributed by atoms with Crippen molar-refractivity contribution in [3.63, 3.8) is 0 Å². The Morgan fingerprint density at radius 2 is 2.09 bits per heavy atom. The lowest BCUT2D eigenvalue weighted by molar-refractivity contribution is 0.0986. The molecule has 4 heterocycles. The maximum absolute atomic E-state index is 6.26. The molecule has 8 heteroatoms. The van der Waals surface area contributed by atoms with Crippen LogP contribution in [0.1, 0.15) is 12.5 Å². The maximum Gasteiger partial charge on any atom is 0.130 e. The summed E-state index contributed by atoms with van der Waals surface area (Å²) in [5, 5.41) is 8.80. The van der Waals surface area contributed by atoms with E-state index in [2.05, 4.69) is 35.0 Å². The van der Waals surface area contributed by atoms with E-state index < -0.39 is 0 Å². The Hall–Kier alpha value is -3.16. The van der Waals surface area contributed by atoms with E-state index in [9.17, 15) is 0 Å². The fourth-order valence-corrected chi connectivity index (χ4v) is 4.45. The van der Waals surface area contributed by atoms with Gasteiger partial charge in [-0.25, -0.2) is 4.98 Å². The summed E-state index contributed by atoms with van der Waals surface area (Å²) in [5.74, 6) is 1.60. The molecule has 0 amide bonds. The molecule has 0 spiro atoms. The van der Waals surface area contributed by atoms with Crippen LogP contribution in [0.15, 0.2) is 42.7 Å². The highest BCUT2D eigenvalue weighted by atomic mass is 35.5. The van der Waals surface area contributed by atoms with E-state index in [1.807, 2.05) is 30.5 Å². The number of anilines is 1. The smallest absolute Gasteiger partial charge is 0.130 e. The third-order valence-corrected chi connectivity index (χ3v) is 6.12. The Labute approximate surface area is 191 Å². The Morgan fingerprint density at radius 1 is 1.22 bits per heavy atom. The largest absolute Gasteiger partial charge is 0.496 e. The second-order valence-corrected chi connectivity index (χ2v) is 8.41. The van der Waals surface area contributed by atoms with Gasteiger partial charge in [-0.15, -0.1) is 0 Å². The average Bonchev–Trinajstić information content (AvgIpc) is 3.33. The molecular weight excluding hydrogens is 426 g/mol. The number of hydrogen-bond acceptors (Lipinski definition) is 6. The first kappa shape index (κ1) is 20.7. The number of rotatable bonds is 4. The van der Waals surface area contributed by atoms with Crippen molar-refractivity contribution in [1.29, 1.82) is 0 Å². The first-order chi connectivity index (χ1) is 15.6. The standard InChI is InChI=1S/C24H24ClN5O2/c1-14-12-26-23(19-6-7-27-29-19)24-22(14)18(17-5-4-16(25)10-20(17)31-3)11-21(28-24)30-8-9-32-13-15(30)2/h4-7,10-12,15H,8-9,13H2,1-3H3,(H,27,29)/t15-/m1/s1. The molecule has 0 radical (unpaired) electrons. The molecule has 0 saturated carbocycles. The lowest BCUT2D eigenvalue weighted by Crippen LogP contribution is -2.44. The third-order valence-electron chi connectivity index (χ3n) is 5.88. The van der Waals surface area contributed by atoms with Crippen LogP contribution < -0.4 is 9.64 Å². The number of H-pyrrole nitrogens is 1. The molecule has 3 aromatic heterocycles. The van der Waals surface area contributed by atoms with Crippen molar-refractivity contribution in [1.82, 2.24) is 20.2 Å². The number of halogens is 1. The van der Waals surface area contributed by atoms with Gasteiger partial charge >= 0.3 is 0 Å². The van der Waals surface area contributed by atoms with Crippen LogP contribution in [-0.2, 0) is 4.74 Å². The van der Waals surface area contributed by atoms with E-state index in [-0.39, 0.29) is 6.04 Å². The average molecular weight is 450 g/mol. The van der Waals surface area contributed by atoms with Crippen molar-refractivity contribution in [3.05, 3.63) is 53.3 Å². The zero-order valence-electron chi connectivity index (χ0n) is 18.2. The number of hydrogen-bond donors (Lipinski definition) is 1. The first-order valence-electron chi connectivity index (χ1n) is 10.5. The van der Waals surface area contributed by atoms with Crippen LogP contribution in [0.2, 0.25) is 5.02 Å². The van der Waals surface area contributed by atoms with Gasteiger partial charge < -0.3 is 14.4 Å². The van der Waals surface area contributed by atoms with E-state index >= 15 is 0 Å². The van der Waals surface area contributed by atoms with E-state index in [0.29, 0.717) is 24.0 Å². The minimum absolute atomic E-state index is 0.210. The number of nitrogens with zero attached hydrogens (tertiary/aromatic N) is 4. The normalized spacial score (nSPS) is 16.5. The Morgan fingerprint density at radius 3 is 2.84 bits per heavy atom. The molecule has 4 aromatic rings. The SMILES string of the molecule is COc1cc(Cl)ccc1-c1cc(N2CCOC[C@H]2C)nc2c(-c3ccn[nH]3)ncc(C)c12. The highest BCUT2D eigenvalue weighted by Gasteiger charge is 2.24. The number of pyridine rings is 2. The quantitative estimate of drug-likeness (QED) is 0.478. The fourth-order valence-electron chi connectivity index (χ4n) is 4.29. The Kier molecular flexibility index (Phi) is 5.45. The molecule has 1 aliphatic rings. The molecule has 0 aliphatic carbocycles. The highest BCUT2D eigenvalue weighted by molar-refractivity contribution is 6.30. The van der Waals surface area contributed by atoms with Gasteiger partial charge in [0.2, 0.25) is 0 Å². The molecule has 1 fully saturated rings. The predicted molar refractivity (Wildman–Crippen MR) is 126 cm³/mol. The number of aromatic nitrogens is 4. The molecule has 5 rings (SSSR count). The van der Waals surface area contributed by atoms with Gasteiger partial charge in [0.05, 0.1) is 32.1 Å². The number of methoxy groups -OCH3 is 1. The molecule has 1 atom stereocenters. The van der Waals surface area contributed by atoms with E-state index in [4.69, 9.17) is 31.0 Å². The van der Waals surface area contributed by atoms with Crippen molar-refractivity contribution < 1.29 is 9.47 Å². The number of morpholine rings is 1. The lowest BCUT2D eigenvalue weighted by atomic mass is 9.96. The van der Waals surface area contributed by atoms with Crippen molar-refractivity contribution in [3.8, 4) is 28.3 Å². The zero-order chi connectivity index (χ0) is 22.2. The number of benzene rings is 1. The van der Waals surface area contributed by atoms with Crippen molar-refractivity contribution in [2.24, 2.45) is 0 Å². The second kappa shape index (κ2) is 8.41. The summed E-state index contributed by atoms with van der Waals surface area (Å²) in [7, 11) is 1.66. The number of nitrogens with one attached hydrogen (secondary N) is 1. The van der Waals surface area contributed by atoms with Crippen LogP contribution in [0.25, 0.3) is 33.4 Å². The zero-order valence-corrected chi connectivity index (χ0v) is 19.0. The topological polar surface area (TPSA) is 76.2 Å². The molecule has 32 heavy (non-hydrogen) atoms. The molecule has 7 nitrogen and oxygen atoms in total. The van der Waals surface area contributed by atoms with Gasteiger partial charge in [-0.2, -0.15) is 5.10 Å². The summed E-state index contributed by atoms with van der Waals surface area (Å²) in [6.07, 6.45) is 3.60. The van der Waals surface area contributed by atoms with Gasteiger partial charge in [0, 0.05) is 34.9 Å². The minimum Gasteiger partial charge on any atom is -0.496 e. The molecule has 1 N–H and O–H groups in total. The number of aryl methyl sites for hydroxylation is 1. The monoisotopic (exact) mass is 449 g/mol. The van der Waals surface area contributed by atoms with Gasteiger partial charge in [-0.1, -0.05) is 11.6 Å². The third kappa shape index (κ3) is 3.57. The van der Waals surface area contributed by atoms with Crippen LogP contribution in [0.5, 0.6) is 5.75 Å². The molecule has 164 valence electrons. The highest BCUT2D eigenvalue weighted by Crippen LogP contribution is 2.41. The van der Waals surface area contributed by atoms with E-state index in [1.54, 1.807) is 13.3 Å². The molecule has 1 saturated heterocycles. The van der Waals surface area contributed by atoms with E-state index in [0.717, 1.165) is 51.3 Å². The summed E-state index contributed by atoms with van der Waals surface area (Å²) in [4.78, 5) is 12.1. The minimum atomic E-state index is 0.210. The van der Waals surface area contributed by atoms with Gasteiger partial charge in [0.1, 0.15) is 22.8 Å². The van der Waals surface area contributed by atoms with Gasteiger partial charge in [-0.3, -0.25) is 10.1 Å². The van der Waals surface area contributed by atoms with Crippen LogP contribution in [0.3, 0.4) is 0 Å². The van der Waals surface area contributed by atoms with Crippen molar-refractivity contribution in [2.45, 2.75) is 19.9 Å². The summed E-state index contributed by atoms with van der Waals surface area (Å²) < 4.78 is 11.4. The van der Waals surface area contributed by atoms with E-state index in [1.165, 1.54) is 0 Å². The Bertz CT molecular complexity index is 1280. The number of aromatic amines is 1. The predicted octanol–water partition coefficient (Wildman–Crippen LogP) is 4.88. The van der Waals surface area contributed by atoms with Crippen LogP contribution >= 0.6 is 11.6 Å². The fraction of sp³-hybridized carbons (Fsp3) is 0.292. The second-order valence-electron chi connectivity index (χ2n) is 7.97. The summed E-state index contributed by atoms with van der Waals surface area (Å²) in [6, 6.07) is 9.98. The number of fused-ring (bicyclic) bond motifs is 1. The molecule has 1 aliphatic heterocycles. The lowest BCUT2D eigenvalue weighted by Gasteiger charge is -2.35. The molecular formula is C24H24ClN5O2. The maximum atomic E-state index is 6.26. The van der Waals surface area contributed by atoms with Gasteiger partial charge in [0.15, 0.2) is 0 Å². The summed E-state index contributed by atoms with van der Waals surface area (Å²) >= 11 is 6.26. The first-order valence-corrected chi connectivity index (χ1v) is 10.9. The number of ether oxygens (including phenoxy) is 2. The molecule has 0 bridgehead atoms. The summed E-state index contributed by atoms with van der Waals surface area (Å²) in [6.45, 7) is 6.31. The van der Waals surface area contributed by atoms with Gasteiger partial charge in [0.25, 0.3) is 0 Å².